The van der Waals surface area contributed by atoms with Crippen LogP contribution in [-0.2, 0) is 6.18 Å². The quantitative estimate of drug-likeness (QED) is 0.315. The maximum Gasteiger partial charge on any atom is 0.417 e. The molecule has 0 aliphatic rings. The summed E-state index contributed by atoms with van der Waals surface area (Å²) in [6.07, 6.45) is -4.63. The number of phenols is 1. The largest absolute Gasteiger partial charge is 0.505 e. The minimum atomic E-state index is -4.63. The first-order chi connectivity index (χ1) is 15.1. The molecule has 164 valence electrons. The number of aryl methyl sites for hydroxylation is 1. The SMILES string of the molecule is Cc1ccc2ccc(C(Nc3ccc(Cl)c(C(F)(F)F)c3)c3ccc(F)cc3)c(O)c2n1. The lowest BCUT2D eigenvalue weighted by Crippen LogP contribution is -2.14. The van der Waals surface area contributed by atoms with Crippen LogP contribution in [0.1, 0.15) is 28.4 Å². The van der Waals surface area contributed by atoms with Crippen LogP contribution in [-0.4, -0.2) is 10.1 Å². The molecule has 0 aliphatic heterocycles. The van der Waals surface area contributed by atoms with Crippen LogP contribution in [0.3, 0.4) is 0 Å². The van der Waals surface area contributed by atoms with Crippen LogP contribution in [0.2, 0.25) is 5.02 Å². The third-order valence-electron chi connectivity index (χ3n) is 5.10. The molecule has 3 nitrogen and oxygen atoms in total. The van der Waals surface area contributed by atoms with Gasteiger partial charge in [0.25, 0.3) is 0 Å². The summed E-state index contributed by atoms with van der Waals surface area (Å²) >= 11 is 5.74. The van der Waals surface area contributed by atoms with E-state index >= 15 is 0 Å². The van der Waals surface area contributed by atoms with Crippen molar-refractivity contribution in [1.29, 1.82) is 0 Å². The number of fused-ring (bicyclic) bond motifs is 1. The van der Waals surface area contributed by atoms with Gasteiger partial charge in [0.1, 0.15) is 17.1 Å². The Labute approximate surface area is 186 Å². The summed E-state index contributed by atoms with van der Waals surface area (Å²) in [7, 11) is 0. The van der Waals surface area contributed by atoms with Gasteiger partial charge in [-0.3, -0.25) is 0 Å². The summed E-state index contributed by atoms with van der Waals surface area (Å²) in [6, 6.07) is 15.2. The Hall–Kier alpha value is -3.32. The lowest BCUT2D eigenvalue weighted by molar-refractivity contribution is -0.137. The zero-order valence-electron chi connectivity index (χ0n) is 16.7. The number of aromatic nitrogens is 1. The second kappa shape index (κ2) is 8.31. The first-order valence-corrected chi connectivity index (χ1v) is 9.99. The monoisotopic (exact) mass is 460 g/mol. The maximum atomic E-state index is 13.5. The first-order valence-electron chi connectivity index (χ1n) is 9.61. The zero-order valence-corrected chi connectivity index (χ0v) is 17.5. The highest BCUT2D eigenvalue weighted by Gasteiger charge is 2.33. The number of hydrogen-bond acceptors (Lipinski definition) is 3. The number of nitrogens with one attached hydrogen (secondary N) is 1. The second-order valence-corrected chi connectivity index (χ2v) is 7.76. The number of halogens is 5. The third-order valence-corrected chi connectivity index (χ3v) is 5.43. The fourth-order valence-electron chi connectivity index (χ4n) is 3.51. The van der Waals surface area contributed by atoms with Gasteiger partial charge in [-0.15, -0.1) is 0 Å². The van der Waals surface area contributed by atoms with Crippen LogP contribution in [0.5, 0.6) is 5.75 Å². The van der Waals surface area contributed by atoms with Crippen LogP contribution < -0.4 is 5.32 Å². The molecule has 0 radical (unpaired) electrons. The zero-order chi connectivity index (χ0) is 23.0. The Morgan fingerprint density at radius 1 is 0.969 bits per heavy atom. The highest BCUT2D eigenvalue weighted by atomic mass is 35.5. The van der Waals surface area contributed by atoms with Crippen LogP contribution in [0.25, 0.3) is 10.9 Å². The number of pyridine rings is 1. The van der Waals surface area contributed by atoms with E-state index in [-0.39, 0.29) is 11.4 Å². The summed E-state index contributed by atoms with van der Waals surface area (Å²) in [4.78, 5) is 4.39. The summed E-state index contributed by atoms with van der Waals surface area (Å²) < 4.78 is 53.5. The minimum Gasteiger partial charge on any atom is -0.505 e. The molecule has 4 rings (SSSR count). The van der Waals surface area contributed by atoms with Gasteiger partial charge in [-0.1, -0.05) is 41.9 Å². The number of phenolic OH excluding ortho intramolecular Hbond substituents is 1. The van der Waals surface area contributed by atoms with Crippen molar-refractivity contribution in [2.75, 3.05) is 5.32 Å². The molecule has 0 amide bonds. The molecule has 1 heterocycles. The molecule has 3 aromatic carbocycles. The minimum absolute atomic E-state index is 0.113. The van der Waals surface area contributed by atoms with E-state index in [1.54, 1.807) is 19.1 Å². The number of benzene rings is 3. The summed E-state index contributed by atoms with van der Waals surface area (Å²) in [5.74, 6) is -0.573. The third kappa shape index (κ3) is 4.34. The summed E-state index contributed by atoms with van der Waals surface area (Å²) in [5.41, 5.74) is 1.13. The first kappa shape index (κ1) is 21.9. The van der Waals surface area contributed by atoms with Crippen LogP contribution in [0.4, 0.5) is 23.2 Å². The number of hydrogen-bond donors (Lipinski definition) is 2. The van der Waals surface area contributed by atoms with Crippen LogP contribution in [0, 0.1) is 12.7 Å². The molecule has 32 heavy (non-hydrogen) atoms. The van der Waals surface area contributed by atoms with Crippen molar-refractivity contribution < 1.29 is 22.7 Å². The van der Waals surface area contributed by atoms with Crippen molar-refractivity contribution in [3.05, 3.63) is 100.0 Å². The maximum absolute atomic E-state index is 13.5. The molecular formula is C24H17ClF4N2O. The van der Waals surface area contributed by atoms with E-state index in [2.05, 4.69) is 10.3 Å². The molecule has 1 atom stereocenters. The van der Waals surface area contributed by atoms with E-state index < -0.39 is 28.6 Å². The molecule has 0 saturated heterocycles. The second-order valence-electron chi connectivity index (χ2n) is 7.35. The van der Waals surface area contributed by atoms with E-state index in [0.717, 1.165) is 12.1 Å². The average Bonchev–Trinajstić information content (AvgIpc) is 2.74. The number of rotatable bonds is 4. The lowest BCUT2D eigenvalue weighted by atomic mass is 9.95. The van der Waals surface area contributed by atoms with Crippen molar-refractivity contribution in [3.8, 4) is 5.75 Å². The predicted octanol–water partition coefficient (Wildman–Crippen LogP) is 7.26. The number of alkyl halides is 3. The van der Waals surface area contributed by atoms with Gasteiger partial charge >= 0.3 is 6.18 Å². The number of nitrogens with zero attached hydrogens (tertiary/aromatic N) is 1. The Morgan fingerprint density at radius 3 is 2.34 bits per heavy atom. The molecule has 0 saturated carbocycles. The molecule has 0 aliphatic carbocycles. The molecular weight excluding hydrogens is 444 g/mol. The smallest absolute Gasteiger partial charge is 0.417 e. The number of anilines is 1. The van der Waals surface area contributed by atoms with Gasteiger partial charge in [0.05, 0.1) is 16.6 Å². The van der Waals surface area contributed by atoms with Gasteiger partial charge in [0.2, 0.25) is 0 Å². The Bertz CT molecular complexity index is 1290. The van der Waals surface area contributed by atoms with E-state index in [1.807, 2.05) is 12.1 Å². The van der Waals surface area contributed by atoms with Crippen molar-refractivity contribution in [2.45, 2.75) is 19.1 Å². The van der Waals surface area contributed by atoms with Gasteiger partial charge in [-0.05, 0) is 48.9 Å². The Kier molecular flexibility index (Phi) is 5.69. The van der Waals surface area contributed by atoms with E-state index in [0.29, 0.717) is 27.7 Å². The standard InChI is InChI=1S/C24H17ClF4N2O/c1-13-2-3-15-6-10-18(23(32)22(15)30-13)21(14-4-7-16(26)8-5-14)31-17-9-11-20(25)19(12-17)24(27,28)29/h2-12,21,31-32H,1H3. The average molecular weight is 461 g/mol. The van der Waals surface area contributed by atoms with E-state index in [4.69, 9.17) is 11.6 Å². The van der Waals surface area contributed by atoms with E-state index in [9.17, 15) is 22.7 Å². The molecule has 0 fully saturated rings. The van der Waals surface area contributed by atoms with Gasteiger partial charge in [-0.25, -0.2) is 9.37 Å². The van der Waals surface area contributed by atoms with Crippen molar-refractivity contribution in [2.24, 2.45) is 0 Å². The molecule has 8 heteroatoms. The van der Waals surface area contributed by atoms with Gasteiger partial charge in [-0.2, -0.15) is 13.2 Å². The van der Waals surface area contributed by atoms with E-state index in [1.165, 1.54) is 30.3 Å². The summed E-state index contributed by atoms with van der Waals surface area (Å²) in [5, 5.41) is 14.3. The Morgan fingerprint density at radius 2 is 1.66 bits per heavy atom. The van der Waals surface area contributed by atoms with Crippen LogP contribution >= 0.6 is 11.6 Å². The molecule has 0 spiro atoms. The lowest BCUT2D eigenvalue weighted by Gasteiger charge is -2.23. The molecule has 2 N–H and O–H groups in total. The molecule has 1 unspecified atom stereocenters. The molecule has 1 aromatic heterocycles. The highest BCUT2D eigenvalue weighted by molar-refractivity contribution is 6.31. The van der Waals surface area contributed by atoms with Crippen molar-refractivity contribution >= 4 is 28.2 Å². The number of aromatic hydroxyl groups is 1. The summed E-state index contributed by atoms with van der Waals surface area (Å²) in [6.45, 7) is 1.79. The molecule has 0 bridgehead atoms. The molecule has 4 aromatic rings. The van der Waals surface area contributed by atoms with Gasteiger partial charge in [0.15, 0.2) is 0 Å². The van der Waals surface area contributed by atoms with Crippen LogP contribution in [0.15, 0.2) is 66.7 Å². The van der Waals surface area contributed by atoms with Gasteiger partial charge in [0, 0.05) is 22.3 Å². The fourth-order valence-corrected chi connectivity index (χ4v) is 3.74. The van der Waals surface area contributed by atoms with Gasteiger partial charge < -0.3 is 10.4 Å². The predicted molar refractivity (Wildman–Crippen MR) is 116 cm³/mol. The Balaban J connectivity index is 1.85. The van der Waals surface area contributed by atoms with Crippen molar-refractivity contribution in [1.82, 2.24) is 4.98 Å². The normalized spacial score (nSPS) is 12.7. The highest BCUT2D eigenvalue weighted by Crippen LogP contribution is 2.39. The fraction of sp³-hybridized carbons (Fsp3) is 0.125. The topological polar surface area (TPSA) is 45.1 Å². The van der Waals surface area contributed by atoms with Crippen molar-refractivity contribution in [3.63, 3.8) is 0 Å².